The molecule has 32 heavy (non-hydrogen) atoms. The van der Waals surface area contributed by atoms with Gasteiger partial charge in [0.2, 0.25) is 5.89 Å². The largest absolute Gasteiger partial charge is 0.497 e. The van der Waals surface area contributed by atoms with Crippen molar-refractivity contribution >= 4 is 11.8 Å². The Hall–Kier alpha value is -3.10. The standard InChI is InChI=1S/C24H27N5O2S/c1-5-20(28(2)3)23-26-27-24(29(23)18-11-13-19(30-4)14-12-18)32-16-22-25-15-21(31-22)17-9-7-6-8-10-17/h6-15,20H,5,16H2,1-4H3. The molecule has 4 rings (SSSR count). The van der Waals surface area contributed by atoms with E-state index in [-0.39, 0.29) is 6.04 Å². The van der Waals surface area contributed by atoms with E-state index in [1.165, 1.54) is 0 Å². The zero-order valence-electron chi connectivity index (χ0n) is 18.7. The van der Waals surface area contributed by atoms with Gasteiger partial charge < -0.3 is 9.15 Å². The summed E-state index contributed by atoms with van der Waals surface area (Å²) in [4.78, 5) is 6.61. The van der Waals surface area contributed by atoms with Crippen LogP contribution < -0.4 is 4.74 Å². The van der Waals surface area contributed by atoms with E-state index in [1.807, 2.05) is 54.6 Å². The van der Waals surface area contributed by atoms with Crippen LogP contribution in [-0.2, 0) is 5.75 Å². The second-order valence-corrected chi connectivity index (χ2v) is 8.48. The fourth-order valence-electron chi connectivity index (χ4n) is 3.58. The van der Waals surface area contributed by atoms with Crippen molar-refractivity contribution in [3.8, 4) is 22.8 Å². The fourth-order valence-corrected chi connectivity index (χ4v) is 4.39. The van der Waals surface area contributed by atoms with Crippen LogP contribution >= 0.6 is 11.8 Å². The number of nitrogens with zero attached hydrogens (tertiary/aromatic N) is 5. The number of benzene rings is 2. The lowest BCUT2D eigenvalue weighted by Crippen LogP contribution is -2.22. The van der Waals surface area contributed by atoms with E-state index in [9.17, 15) is 0 Å². The normalized spacial score (nSPS) is 12.3. The smallest absolute Gasteiger partial charge is 0.205 e. The molecule has 0 aliphatic carbocycles. The van der Waals surface area contributed by atoms with Gasteiger partial charge in [0.25, 0.3) is 0 Å². The van der Waals surface area contributed by atoms with E-state index in [2.05, 4.69) is 45.7 Å². The van der Waals surface area contributed by atoms with Gasteiger partial charge >= 0.3 is 0 Å². The van der Waals surface area contributed by atoms with Crippen LogP contribution in [0.1, 0.15) is 31.1 Å². The molecule has 4 aromatic rings. The van der Waals surface area contributed by atoms with Crippen LogP contribution in [0.25, 0.3) is 17.0 Å². The van der Waals surface area contributed by atoms with E-state index in [4.69, 9.17) is 9.15 Å². The first-order valence-electron chi connectivity index (χ1n) is 10.5. The van der Waals surface area contributed by atoms with Crippen LogP contribution in [0, 0.1) is 0 Å². The lowest BCUT2D eigenvalue weighted by atomic mass is 10.2. The summed E-state index contributed by atoms with van der Waals surface area (Å²) in [5.74, 6) is 3.68. The Morgan fingerprint density at radius 2 is 1.81 bits per heavy atom. The fraction of sp³-hybridized carbons (Fsp3) is 0.292. The highest BCUT2D eigenvalue weighted by molar-refractivity contribution is 7.98. The molecule has 0 amide bonds. The molecule has 2 aromatic carbocycles. The number of thioether (sulfide) groups is 1. The molecule has 0 radical (unpaired) electrons. The molecule has 0 fully saturated rings. The number of hydrogen-bond acceptors (Lipinski definition) is 7. The molecule has 0 saturated carbocycles. The Labute approximate surface area is 192 Å². The third kappa shape index (κ3) is 4.71. The van der Waals surface area contributed by atoms with Gasteiger partial charge in [-0.05, 0) is 44.8 Å². The first-order chi connectivity index (χ1) is 15.6. The topological polar surface area (TPSA) is 69.2 Å². The maximum absolute atomic E-state index is 5.97. The number of oxazole rings is 1. The predicted molar refractivity (Wildman–Crippen MR) is 126 cm³/mol. The van der Waals surface area contributed by atoms with Crippen LogP contribution in [-0.4, -0.2) is 45.9 Å². The quantitative estimate of drug-likeness (QED) is 0.324. The minimum Gasteiger partial charge on any atom is -0.497 e. The molecule has 0 bridgehead atoms. The molecule has 166 valence electrons. The van der Waals surface area contributed by atoms with Crippen molar-refractivity contribution in [3.63, 3.8) is 0 Å². The summed E-state index contributed by atoms with van der Waals surface area (Å²) >= 11 is 1.56. The summed E-state index contributed by atoms with van der Waals surface area (Å²) in [6, 6.07) is 18.1. The average Bonchev–Trinajstić information content (AvgIpc) is 3.46. The van der Waals surface area contributed by atoms with E-state index < -0.39 is 0 Å². The number of rotatable bonds is 9. The highest BCUT2D eigenvalue weighted by atomic mass is 32.2. The SMILES string of the molecule is CCC(c1nnc(SCc2ncc(-c3ccccc3)o2)n1-c1ccc(OC)cc1)N(C)C. The van der Waals surface area contributed by atoms with Crippen molar-refractivity contribution in [2.75, 3.05) is 21.2 Å². The summed E-state index contributed by atoms with van der Waals surface area (Å²) in [5, 5.41) is 9.87. The second-order valence-electron chi connectivity index (χ2n) is 7.53. The van der Waals surface area contributed by atoms with E-state index in [1.54, 1.807) is 25.1 Å². The molecular weight excluding hydrogens is 422 g/mol. The molecule has 7 nitrogen and oxygen atoms in total. The predicted octanol–water partition coefficient (Wildman–Crippen LogP) is 5.24. The Bertz CT molecular complexity index is 1140. The van der Waals surface area contributed by atoms with E-state index in [0.29, 0.717) is 11.6 Å². The van der Waals surface area contributed by atoms with Crippen LogP contribution in [0.5, 0.6) is 5.75 Å². The van der Waals surface area contributed by atoms with Gasteiger partial charge in [-0.1, -0.05) is 49.0 Å². The van der Waals surface area contributed by atoms with Crippen molar-refractivity contribution in [1.82, 2.24) is 24.6 Å². The molecule has 1 unspecified atom stereocenters. The first-order valence-corrected chi connectivity index (χ1v) is 11.5. The molecule has 2 aromatic heterocycles. The highest BCUT2D eigenvalue weighted by Crippen LogP contribution is 2.31. The third-order valence-electron chi connectivity index (χ3n) is 5.23. The highest BCUT2D eigenvalue weighted by Gasteiger charge is 2.23. The molecule has 0 aliphatic heterocycles. The van der Waals surface area contributed by atoms with E-state index in [0.717, 1.165) is 40.2 Å². The van der Waals surface area contributed by atoms with Gasteiger partial charge in [-0.15, -0.1) is 10.2 Å². The Morgan fingerprint density at radius 1 is 1.06 bits per heavy atom. The van der Waals surface area contributed by atoms with Crippen LogP contribution in [0.15, 0.2) is 70.4 Å². The molecule has 0 saturated heterocycles. The summed E-state index contributed by atoms with van der Waals surface area (Å²) in [6.07, 6.45) is 2.69. The maximum Gasteiger partial charge on any atom is 0.205 e. The van der Waals surface area contributed by atoms with Crippen molar-refractivity contribution in [3.05, 3.63) is 72.5 Å². The van der Waals surface area contributed by atoms with Crippen LogP contribution in [0.2, 0.25) is 0 Å². The summed E-state index contributed by atoms with van der Waals surface area (Å²) < 4.78 is 13.4. The molecule has 0 spiro atoms. The molecule has 1 atom stereocenters. The van der Waals surface area contributed by atoms with Gasteiger partial charge in [0.1, 0.15) is 5.75 Å². The first kappa shape index (κ1) is 22.1. The summed E-state index contributed by atoms with van der Waals surface area (Å²) in [7, 11) is 5.79. The lowest BCUT2D eigenvalue weighted by molar-refractivity contribution is 0.276. The summed E-state index contributed by atoms with van der Waals surface area (Å²) in [5.41, 5.74) is 2.00. The Morgan fingerprint density at radius 3 is 2.47 bits per heavy atom. The van der Waals surface area contributed by atoms with Gasteiger partial charge in [-0.25, -0.2) is 4.98 Å². The van der Waals surface area contributed by atoms with Crippen molar-refractivity contribution in [2.24, 2.45) is 0 Å². The average molecular weight is 450 g/mol. The minimum absolute atomic E-state index is 0.144. The Balaban J connectivity index is 1.62. The lowest BCUT2D eigenvalue weighted by Gasteiger charge is -2.23. The Kier molecular flexibility index (Phi) is 6.92. The molecule has 0 N–H and O–H groups in total. The van der Waals surface area contributed by atoms with Crippen LogP contribution in [0.4, 0.5) is 0 Å². The van der Waals surface area contributed by atoms with Crippen molar-refractivity contribution < 1.29 is 9.15 Å². The number of methoxy groups -OCH3 is 1. The number of ether oxygens (including phenoxy) is 1. The molecule has 0 aliphatic rings. The zero-order chi connectivity index (χ0) is 22.5. The number of hydrogen-bond donors (Lipinski definition) is 0. The maximum atomic E-state index is 5.97. The molecule has 8 heteroatoms. The van der Waals surface area contributed by atoms with Crippen LogP contribution in [0.3, 0.4) is 0 Å². The summed E-state index contributed by atoms with van der Waals surface area (Å²) in [6.45, 7) is 2.16. The van der Waals surface area contributed by atoms with Gasteiger partial charge in [0.05, 0.1) is 25.1 Å². The van der Waals surface area contributed by atoms with Crippen molar-refractivity contribution in [2.45, 2.75) is 30.3 Å². The monoisotopic (exact) mass is 449 g/mol. The third-order valence-corrected chi connectivity index (χ3v) is 6.15. The minimum atomic E-state index is 0.144. The van der Waals surface area contributed by atoms with E-state index >= 15 is 0 Å². The van der Waals surface area contributed by atoms with Gasteiger partial charge in [-0.3, -0.25) is 9.47 Å². The van der Waals surface area contributed by atoms with Gasteiger partial charge in [0.15, 0.2) is 16.7 Å². The second kappa shape index (κ2) is 10.0. The number of aromatic nitrogens is 4. The van der Waals surface area contributed by atoms with Gasteiger partial charge in [0, 0.05) is 11.3 Å². The van der Waals surface area contributed by atoms with Crippen molar-refractivity contribution in [1.29, 1.82) is 0 Å². The molecule has 2 heterocycles. The van der Waals surface area contributed by atoms with Gasteiger partial charge in [-0.2, -0.15) is 0 Å². The zero-order valence-corrected chi connectivity index (χ0v) is 19.5. The molecular formula is C24H27N5O2S.